The number of hydrogen-bond donors (Lipinski definition) is 2. The van der Waals surface area contributed by atoms with Crippen molar-refractivity contribution in [2.75, 3.05) is 6.61 Å². The van der Waals surface area contributed by atoms with Crippen LogP contribution in [0.3, 0.4) is 0 Å². The van der Waals surface area contributed by atoms with Gasteiger partial charge in [0.15, 0.2) is 18.4 Å². The molecule has 5 nitrogen and oxygen atoms in total. The largest absolute Gasteiger partial charge is 0.384 e. The number of ether oxygens (including phenoxy) is 3. The third-order valence-corrected chi connectivity index (χ3v) is 6.12. The van der Waals surface area contributed by atoms with Crippen LogP contribution in [0, 0.1) is 23.7 Å². The van der Waals surface area contributed by atoms with E-state index >= 15 is 0 Å². The average molecular weight is 314 g/mol. The van der Waals surface area contributed by atoms with Gasteiger partial charge >= 0.3 is 0 Å². The van der Waals surface area contributed by atoms with Crippen LogP contribution in [0.25, 0.3) is 0 Å². The maximum Gasteiger partial charge on any atom is 0.193 e. The first-order valence-corrected chi connectivity index (χ1v) is 8.69. The van der Waals surface area contributed by atoms with Gasteiger partial charge in [0, 0.05) is 24.9 Å². The highest BCUT2D eigenvalue weighted by atomic mass is 16.8. The summed E-state index contributed by atoms with van der Waals surface area (Å²) in [5.41, 5.74) is -1.04. The fraction of sp³-hybridized carbons (Fsp3) is 1.00. The molecule has 2 N–H and O–H groups in total. The molecule has 5 heteroatoms. The predicted octanol–water partition coefficient (Wildman–Crippen LogP) is 2.25. The molecule has 0 aromatic carbocycles. The molecular weight excluding hydrogens is 284 g/mol. The number of aliphatic hydroxyl groups is 2. The van der Waals surface area contributed by atoms with Crippen molar-refractivity contribution in [3.8, 4) is 0 Å². The average Bonchev–Trinajstić information content (AvgIpc) is 2.53. The van der Waals surface area contributed by atoms with Crippen molar-refractivity contribution < 1.29 is 24.4 Å². The second-order valence-electron chi connectivity index (χ2n) is 7.64. The van der Waals surface area contributed by atoms with Crippen molar-refractivity contribution in [1.82, 2.24) is 0 Å². The fourth-order valence-electron chi connectivity index (χ4n) is 4.89. The zero-order valence-electron chi connectivity index (χ0n) is 14.1. The molecule has 22 heavy (non-hydrogen) atoms. The first kappa shape index (κ1) is 16.7. The molecule has 1 aliphatic carbocycles. The Hall–Kier alpha value is -0.200. The summed E-state index contributed by atoms with van der Waals surface area (Å²) in [4.78, 5) is 0. The van der Waals surface area contributed by atoms with Crippen LogP contribution >= 0.6 is 0 Å². The molecule has 0 aromatic heterocycles. The second-order valence-corrected chi connectivity index (χ2v) is 7.64. The van der Waals surface area contributed by atoms with E-state index in [9.17, 15) is 10.2 Å². The first-order chi connectivity index (χ1) is 10.3. The molecule has 1 saturated carbocycles. The van der Waals surface area contributed by atoms with Crippen LogP contribution in [0.15, 0.2) is 0 Å². The molecule has 8 atom stereocenters. The van der Waals surface area contributed by atoms with E-state index in [0.29, 0.717) is 18.9 Å². The standard InChI is InChI=1S/C17H30O5/c1-5-20-14-11(3)13-7-6-10(2)12-8-9-16(4,18)22-15(21-14)17(12,13)19/h10-15,18-19H,5-9H2,1-4H3/t10-,11-,12+,13+,14?,15?,16?,17?/m1/s1. The normalized spacial score (nSPS) is 55.4. The molecule has 0 spiro atoms. The molecule has 3 fully saturated rings. The SMILES string of the molecule is CCOC1OC2OC(C)(O)CC[C@H]3[C@H](C)CC[C@@H]([C@H]1C)C23O. The summed E-state index contributed by atoms with van der Waals surface area (Å²) in [6.07, 6.45) is 2.11. The van der Waals surface area contributed by atoms with Gasteiger partial charge in [0.2, 0.25) is 0 Å². The van der Waals surface area contributed by atoms with Crippen molar-refractivity contribution in [3.05, 3.63) is 0 Å². The van der Waals surface area contributed by atoms with Gasteiger partial charge in [-0.3, -0.25) is 0 Å². The smallest absolute Gasteiger partial charge is 0.193 e. The van der Waals surface area contributed by atoms with Crippen molar-refractivity contribution in [2.45, 2.75) is 77.3 Å². The quantitative estimate of drug-likeness (QED) is 0.818. The molecular formula is C17H30O5. The molecule has 3 rings (SSSR count). The third-order valence-electron chi connectivity index (χ3n) is 6.12. The van der Waals surface area contributed by atoms with Gasteiger partial charge in [-0.2, -0.15) is 0 Å². The summed E-state index contributed by atoms with van der Waals surface area (Å²) in [5.74, 6) is -0.573. The molecule has 3 aliphatic rings. The Labute approximate surface area is 132 Å². The van der Waals surface area contributed by atoms with Crippen LogP contribution in [-0.4, -0.2) is 40.8 Å². The summed E-state index contributed by atoms with van der Waals surface area (Å²) in [6, 6.07) is 0. The summed E-state index contributed by atoms with van der Waals surface area (Å²) < 4.78 is 17.5. The topological polar surface area (TPSA) is 68.2 Å². The maximum atomic E-state index is 11.6. The van der Waals surface area contributed by atoms with E-state index in [-0.39, 0.29) is 24.0 Å². The van der Waals surface area contributed by atoms with Crippen LogP contribution in [0.5, 0.6) is 0 Å². The monoisotopic (exact) mass is 314 g/mol. The molecule has 0 aromatic rings. The molecule has 0 amide bonds. The van der Waals surface area contributed by atoms with Gasteiger partial charge < -0.3 is 24.4 Å². The Morgan fingerprint density at radius 1 is 1.14 bits per heavy atom. The van der Waals surface area contributed by atoms with Crippen molar-refractivity contribution in [3.63, 3.8) is 0 Å². The fourth-order valence-corrected chi connectivity index (χ4v) is 4.89. The molecule has 2 saturated heterocycles. The zero-order valence-corrected chi connectivity index (χ0v) is 14.1. The van der Waals surface area contributed by atoms with E-state index in [1.165, 1.54) is 0 Å². The highest BCUT2D eigenvalue weighted by Crippen LogP contribution is 2.55. The number of rotatable bonds is 2. The molecule has 0 radical (unpaired) electrons. The minimum absolute atomic E-state index is 0.0814. The van der Waals surface area contributed by atoms with Crippen LogP contribution in [0.2, 0.25) is 0 Å². The lowest BCUT2D eigenvalue weighted by atomic mass is 9.58. The highest BCUT2D eigenvalue weighted by molar-refractivity contribution is 5.06. The van der Waals surface area contributed by atoms with Crippen molar-refractivity contribution >= 4 is 0 Å². The lowest BCUT2D eigenvalue weighted by Gasteiger charge is -2.57. The van der Waals surface area contributed by atoms with Crippen molar-refractivity contribution in [2.24, 2.45) is 23.7 Å². The second kappa shape index (κ2) is 5.71. The lowest BCUT2D eigenvalue weighted by molar-refractivity contribution is -0.407. The van der Waals surface area contributed by atoms with Crippen LogP contribution in [0.4, 0.5) is 0 Å². The minimum Gasteiger partial charge on any atom is -0.384 e. The summed E-state index contributed by atoms with van der Waals surface area (Å²) in [7, 11) is 0. The summed E-state index contributed by atoms with van der Waals surface area (Å²) >= 11 is 0. The van der Waals surface area contributed by atoms with Gasteiger partial charge in [-0.25, -0.2) is 0 Å². The Balaban J connectivity index is 1.98. The van der Waals surface area contributed by atoms with Gasteiger partial charge in [-0.1, -0.05) is 13.8 Å². The first-order valence-electron chi connectivity index (χ1n) is 8.69. The summed E-state index contributed by atoms with van der Waals surface area (Å²) in [6.45, 7) is 8.44. The molecule has 128 valence electrons. The molecule has 2 aliphatic heterocycles. The third kappa shape index (κ3) is 2.51. The van der Waals surface area contributed by atoms with E-state index in [2.05, 4.69) is 13.8 Å². The Kier molecular flexibility index (Phi) is 4.32. The maximum absolute atomic E-state index is 11.6. The van der Waals surface area contributed by atoms with Gasteiger partial charge in [-0.05, 0) is 44.9 Å². The predicted molar refractivity (Wildman–Crippen MR) is 80.7 cm³/mol. The Morgan fingerprint density at radius 2 is 1.86 bits per heavy atom. The van der Waals surface area contributed by atoms with E-state index in [1.807, 2.05) is 6.92 Å². The van der Waals surface area contributed by atoms with Gasteiger partial charge in [0.25, 0.3) is 0 Å². The Bertz CT molecular complexity index is 412. The zero-order chi connectivity index (χ0) is 16.1. The van der Waals surface area contributed by atoms with Crippen LogP contribution < -0.4 is 0 Å². The van der Waals surface area contributed by atoms with Gasteiger partial charge in [-0.15, -0.1) is 0 Å². The van der Waals surface area contributed by atoms with E-state index < -0.39 is 17.7 Å². The van der Waals surface area contributed by atoms with E-state index in [0.717, 1.165) is 19.3 Å². The Morgan fingerprint density at radius 3 is 2.55 bits per heavy atom. The van der Waals surface area contributed by atoms with Crippen LogP contribution in [0.1, 0.15) is 53.4 Å². The van der Waals surface area contributed by atoms with Gasteiger partial charge in [0.05, 0.1) is 0 Å². The van der Waals surface area contributed by atoms with Crippen LogP contribution in [-0.2, 0) is 14.2 Å². The van der Waals surface area contributed by atoms with Gasteiger partial charge in [0.1, 0.15) is 5.60 Å². The van der Waals surface area contributed by atoms with Crippen molar-refractivity contribution in [1.29, 1.82) is 0 Å². The summed E-state index contributed by atoms with van der Waals surface area (Å²) in [5, 5.41) is 22.0. The minimum atomic E-state index is -1.26. The lowest BCUT2D eigenvalue weighted by Crippen LogP contribution is -2.67. The molecule has 2 heterocycles. The highest BCUT2D eigenvalue weighted by Gasteiger charge is 2.63. The van der Waals surface area contributed by atoms with E-state index in [4.69, 9.17) is 14.2 Å². The molecule has 0 bridgehead atoms. The molecule has 4 unspecified atom stereocenters. The van der Waals surface area contributed by atoms with E-state index in [1.54, 1.807) is 6.92 Å². The number of hydrogen-bond acceptors (Lipinski definition) is 5.